The molecule has 2 N–H and O–H groups in total. The van der Waals surface area contributed by atoms with Crippen molar-refractivity contribution in [1.29, 1.82) is 0 Å². The van der Waals surface area contributed by atoms with E-state index >= 15 is 0 Å². The maximum absolute atomic E-state index is 13.8. The monoisotopic (exact) mass is 507 g/mol. The van der Waals surface area contributed by atoms with Gasteiger partial charge >= 0.3 is 7.60 Å². The number of aromatic hydroxyl groups is 1. The van der Waals surface area contributed by atoms with Gasteiger partial charge in [-0.1, -0.05) is 54.6 Å². The third kappa shape index (κ3) is 5.11. The fraction of sp³-hybridized carbons (Fsp3) is 0.214. The van der Waals surface area contributed by atoms with E-state index in [0.717, 1.165) is 16.3 Å². The number of hydrogen-bond acceptors (Lipinski definition) is 7. The van der Waals surface area contributed by atoms with Crippen LogP contribution in [0.5, 0.6) is 17.2 Å². The van der Waals surface area contributed by atoms with Crippen LogP contribution in [0.1, 0.15) is 28.5 Å². The summed E-state index contributed by atoms with van der Waals surface area (Å²) in [5, 5.41) is 16.4. The Hall–Kier alpha value is -3.35. The van der Waals surface area contributed by atoms with Crippen LogP contribution in [0.4, 0.5) is 0 Å². The molecule has 0 heterocycles. The molecule has 0 aliphatic heterocycles. The topological polar surface area (TPSA) is 86.3 Å². The van der Waals surface area contributed by atoms with Crippen molar-refractivity contribution in [2.75, 3.05) is 28.4 Å². The first-order chi connectivity index (χ1) is 17.4. The molecular formula is C28H30NO6P. The Kier molecular flexibility index (Phi) is 7.97. The maximum atomic E-state index is 13.8. The molecule has 4 aromatic carbocycles. The Bertz CT molecular complexity index is 1350. The molecule has 0 amide bonds. The molecule has 36 heavy (non-hydrogen) atoms. The minimum atomic E-state index is -3.68. The predicted octanol–water partition coefficient (Wildman–Crippen LogP) is 6.43. The van der Waals surface area contributed by atoms with Crippen molar-refractivity contribution in [1.82, 2.24) is 5.32 Å². The van der Waals surface area contributed by atoms with Gasteiger partial charge in [0.2, 0.25) is 0 Å². The lowest BCUT2D eigenvalue weighted by Gasteiger charge is -2.31. The molecule has 188 valence electrons. The number of hydrogen-bond donors (Lipinski definition) is 2. The summed E-state index contributed by atoms with van der Waals surface area (Å²) < 4.78 is 35.4. The summed E-state index contributed by atoms with van der Waals surface area (Å²) >= 11 is 0. The number of ether oxygens (including phenoxy) is 2. The highest BCUT2D eigenvalue weighted by Gasteiger charge is 2.38. The largest absolute Gasteiger partial charge is 0.508 e. The highest BCUT2D eigenvalue weighted by molar-refractivity contribution is 7.54. The number of rotatable bonds is 10. The van der Waals surface area contributed by atoms with Gasteiger partial charge in [0.15, 0.2) is 0 Å². The van der Waals surface area contributed by atoms with E-state index in [4.69, 9.17) is 18.5 Å². The number of nitrogens with one attached hydrogen (secondary N) is 1. The van der Waals surface area contributed by atoms with Crippen molar-refractivity contribution in [3.8, 4) is 17.2 Å². The first kappa shape index (κ1) is 25.7. The summed E-state index contributed by atoms with van der Waals surface area (Å²) in [6, 6.07) is 25.5. The third-order valence-corrected chi connectivity index (χ3v) is 8.36. The molecule has 0 saturated heterocycles. The van der Waals surface area contributed by atoms with Gasteiger partial charge in [-0.25, -0.2) is 0 Å². The molecular weight excluding hydrogens is 477 g/mol. The Balaban J connectivity index is 1.92. The van der Waals surface area contributed by atoms with Crippen LogP contribution in [0.25, 0.3) is 10.8 Å². The quantitative estimate of drug-likeness (QED) is 0.239. The number of methoxy groups -OCH3 is 2. The molecule has 7 nitrogen and oxygen atoms in total. The zero-order chi connectivity index (χ0) is 25.7. The van der Waals surface area contributed by atoms with Crippen molar-refractivity contribution in [3.63, 3.8) is 0 Å². The molecule has 0 bridgehead atoms. The van der Waals surface area contributed by atoms with Gasteiger partial charge in [0.1, 0.15) is 23.0 Å². The minimum absolute atomic E-state index is 0.111. The zero-order valence-corrected chi connectivity index (χ0v) is 21.6. The van der Waals surface area contributed by atoms with Crippen LogP contribution in [0.3, 0.4) is 0 Å². The van der Waals surface area contributed by atoms with E-state index < -0.39 is 19.4 Å². The summed E-state index contributed by atoms with van der Waals surface area (Å²) in [6.45, 7) is 0. The molecule has 2 atom stereocenters. The molecule has 0 saturated carbocycles. The average Bonchev–Trinajstić information content (AvgIpc) is 2.94. The minimum Gasteiger partial charge on any atom is -0.508 e. The van der Waals surface area contributed by atoms with Gasteiger partial charge in [0.05, 0.1) is 20.3 Å². The first-order valence-corrected chi connectivity index (χ1v) is 13.0. The van der Waals surface area contributed by atoms with Crippen molar-refractivity contribution in [3.05, 3.63) is 102 Å². The smallest absolute Gasteiger partial charge is 0.351 e. The fourth-order valence-electron chi connectivity index (χ4n) is 4.33. The van der Waals surface area contributed by atoms with Crippen LogP contribution in [0, 0.1) is 0 Å². The molecule has 4 aromatic rings. The normalized spacial score (nSPS) is 13.3. The Morgan fingerprint density at radius 1 is 0.722 bits per heavy atom. The van der Waals surface area contributed by atoms with Gasteiger partial charge in [-0.2, -0.15) is 0 Å². The van der Waals surface area contributed by atoms with Crippen LogP contribution in [0.15, 0.2) is 84.9 Å². The molecule has 0 radical (unpaired) electrons. The van der Waals surface area contributed by atoms with E-state index in [1.165, 1.54) is 14.2 Å². The number of phenolic OH excluding ortho intramolecular Hbond substituents is 1. The molecule has 4 rings (SSSR count). The SMILES string of the molecule is COc1ccc(C(NC(c2ccc(OC)cc2)P(=O)(OC)OC)c2c(O)ccc3ccccc23)cc1. The van der Waals surface area contributed by atoms with Gasteiger partial charge in [-0.15, -0.1) is 0 Å². The van der Waals surface area contributed by atoms with Gasteiger partial charge in [-0.05, 0) is 52.2 Å². The predicted molar refractivity (Wildman–Crippen MR) is 141 cm³/mol. The lowest BCUT2D eigenvalue weighted by molar-refractivity contribution is 0.257. The fourth-order valence-corrected chi connectivity index (χ4v) is 5.77. The summed E-state index contributed by atoms with van der Waals surface area (Å²) in [7, 11) is 2.23. The Morgan fingerprint density at radius 3 is 1.83 bits per heavy atom. The number of phenols is 1. The van der Waals surface area contributed by atoms with E-state index in [9.17, 15) is 9.67 Å². The molecule has 0 spiro atoms. The van der Waals surface area contributed by atoms with E-state index in [0.29, 0.717) is 22.6 Å². The van der Waals surface area contributed by atoms with E-state index in [1.54, 1.807) is 32.4 Å². The lowest BCUT2D eigenvalue weighted by atomic mass is 9.92. The molecule has 8 heteroatoms. The van der Waals surface area contributed by atoms with Crippen LogP contribution in [0.2, 0.25) is 0 Å². The molecule has 0 aromatic heterocycles. The van der Waals surface area contributed by atoms with Crippen LogP contribution in [-0.2, 0) is 13.6 Å². The van der Waals surface area contributed by atoms with E-state index in [1.807, 2.05) is 66.7 Å². The number of fused-ring (bicyclic) bond motifs is 1. The molecule has 0 fully saturated rings. The summed E-state index contributed by atoms with van der Waals surface area (Å²) in [6.07, 6.45) is 0. The summed E-state index contributed by atoms with van der Waals surface area (Å²) in [4.78, 5) is 0. The van der Waals surface area contributed by atoms with Crippen LogP contribution >= 0.6 is 7.60 Å². The highest BCUT2D eigenvalue weighted by Crippen LogP contribution is 2.59. The van der Waals surface area contributed by atoms with Crippen molar-refractivity contribution >= 4 is 18.4 Å². The second-order valence-electron chi connectivity index (χ2n) is 8.17. The number of benzene rings is 4. The lowest BCUT2D eigenvalue weighted by Crippen LogP contribution is -2.28. The van der Waals surface area contributed by atoms with Crippen molar-refractivity contribution in [2.24, 2.45) is 0 Å². The average molecular weight is 508 g/mol. The first-order valence-electron chi connectivity index (χ1n) is 11.4. The maximum Gasteiger partial charge on any atom is 0.351 e. The summed E-state index contributed by atoms with van der Waals surface area (Å²) in [5.41, 5.74) is 2.16. The van der Waals surface area contributed by atoms with E-state index in [2.05, 4.69) is 5.32 Å². The van der Waals surface area contributed by atoms with Crippen molar-refractivity contribution < 1.29 is 28.2 Å². The van der Waals surface area contributed by atoms with Gasteiger partial charge in [0.25, 0.3) is 0 Å². The zero-order valence-electron chi connectivity index (χ0n) is 20.7. The molecule has 0 aliphatic carbocycles. The second kappa shape index (κ2) is 11.1. The third-order valence-electron chi connectivity index (χ3n) is 6.27. The standard InChI is InChI=1S/C28H30NO6P/c1-32-22-14-9-20(10-15-22)27(26-24-8-6-5-7-19(24)13-18-25(26)30)29-28(36(31,34-3)35-4)21-11-16-23(33-2)17-12-21/h5-18,27-30H,1-4H3. The Labute approximate surface area is 211 Å². The molecule has 2 unspecified atom stereocenters. The van der Waals surface area contributed by atoms with Crippen LogP contribution in [-0.4, -0.2) is 33.5 Å². The summed E-state index contributed by atoms with van der Waals surface area (Å²) in [5.74, 6) is 0.621. The highest BCUT2D eigenvalue weighted by atomic mass is 31.2. The van der Waals surface area contributed by atoms with Crippen LogP contribution < -0.4 is 14.8 Å². The van der Waals surface area contributed by atoms with Gasteiger partial charge in [-0.3, -0.25) is 9.88 Å². The van der Waals surface area contributed by atoms with Gasteiger partial charge < -0.3 is 23.6 Å². The van der Waals surface area contributed by atoms with Crippen molar-refractivity contribution in [2.45, 2.75) is 11.8 Å². The van der Waals surface area contributed by atoms with Gasteiger partial charge in [0, 0.05) is 19.8 Å². The Morgan fingerprint density at radius 2 is 1.28 bits per heavy atom. The molecule has 0 aliphatic rings. The second-order valence-corrected chi connectivity index (χ2v) is 10.5. The van der Waals surface area contributed by atoms with E-state index in [-0.39, 0.29) is 5.75 Å².